The molecular formula is C15H16N4O. The van der Waals surface area contributed by atoms with Crippen molar-refractivity contribution in [1.29, 1.82) is 0 Å². The number of anilines is 1. The minimum atomic E-state index is 0.549. The van der Waals surface area contributed by atoms with E-state index in [1.165, 1.54) is 12.8 Å². The van der Waals surface area contributed by atoms with Crippen molar-refractivity contribution in [3.63, 3.8) is 0 Å². The predicted octanol–water partition coefficient (Wildman–Crippen LogP) is 3.05. The average molecular weight is 268 g/mol. The van der Waals surface area contributed by atoms with Gasteiger partial charge in [-0.25, -0.2) is 9.97 Å². The zero-order valence-corrected chi connectivity index (χ0v) is 11.3. The third-order valence-corrected chi connectivity index (χ3v) is 3.72. The summed E-state index contributed by atoms with van der Waals surface area (Å²) in [4.78, 5) is 8.68. The molecule has 2 aromatic heterocycles. The molecular weight excluding hydrogens is 252 g/mol. The fourth-order valence-electron chi connectivity index (χ4n) is 2.31. The number of hydrogen-bond acceptors (Lipinski definition) is 4. The van der Waals surface area contributed by atoms with E-state index >= 15 is 0 Å². The number of nitrogens with one attached hydrogen (secondary N) is 1. The van der Waals surface area contributed by atoms with E-state index in [1.54, 1.807) is 6.33 Å². The summed E-state index contributed by atoms with van der Waals surface area (Å²) in [6.45, 7) is 0.745. The number of aryl methyl sites for hydroxylation is 1. The Kier molecular flexibility index (Phi) is 2.52. The molecule has 0 atom stereocenters. The highest BCUT2D eigenvalue weighted by Crippen LogP contribution is 2.40. The van der Waals surface area contributed by atoms with E-state index in [0.717, 1.165) is 34.9 Å². The summed E-state index contributed by atoms with van der Waals surface area (Å²) >= 11 is 0. The summed E-state index contributed by atoms with van der Waals surface area (Å²) in [5, 5.41) is 3.39. The number of fused-ring (bicyclic) bond motifs is 1. The van der Waals surface area contributed by atoms with E-state index in [2.05, 4.69) is 15.3 Å². The van der Waals surface area contributed by atoms with Gasteiger partial charge in [-0.15, -0.1) is 0 Å². The van der Waals surface area contributed by atoms with Crippen molar-refractivity contribution in [2.75, 3.05) is 5.32 Å². The fourth-order valence-corrected chi connectivity index (χ4v) is 2.31. The third kappa shape index (κ3) is 2.05. The zero-order valence-electron chi connectivity index (χ0n) is 11.3. The van der Waals surface area contributed by atoms with Crippen molar-refractivity contribution < 1.29 is 4.42 Å². The molecule has 1 aromatic carbocycles. The molecule has 0 bridgehead atoms. The Balaban J connectivity index is 1.55. The Labute approximate surface area is 116 Å². The second kappa shape index (κ2) is 4.37. The smallest absolute Gasteiger partial charge is 0.198 e. The Morgan fingerprint density at radius 2 is 2.30 bits per heavy atom. The number of hydrogen-bond donors (Lipinski definition) is 1. The monoisotopic (exact) mass is 268 g/mol. The van der Waals surface area contributed by atoms with E-state index in [1.807, 2.05) is 36.0 Å². The SMILES string of the molecule is Cn1cncc1CNc1ccc2oc(C3CC3)nc2c1. The molecule has 0 amide bonds. The molecule has 2 heterocycles. The zero-order chi connectivity index (χ0) is 13.5. The number of aromatic nitrogens is 3. The van der Waals surface area contributed by atoms with Crippen LogP contribution in [0.3, 0.4) is 0 Å². The first-order valence-electron chi connectivity index (χ1n) is 6.89. The van der Waals surface area contributed by atoms with Gasteiger partial charge in [0.2, 0.25) is 0 Å². The lowest BCUT2D eigenvalue weighted by molar-refractivity contribution is 0.533. The summed E-state index contributed by atoms with van der Waals surface area (Å²) < 4.78 is 7.77. The highest BCUT2D eigenvalue weighted by atomic mass is 16.3. The number of imidazole rings is 1. The predicted molar refractivity (Wildman–Crippen MR) is 76.5 cm³/mol. The molecule has 20 heavy (non-hydrogen) atoms. The molecule has 4 rings (SSSR count). The Morgan fingerprint density at radius 3 is 3.05 bits per heavy atom. The van der Waals surface area contributed by atoms with Gasteiger partial charge in [0.15, 0.2) is 11.5 Å². The van der Waals surface area contributed by atoms with E-state index in [4.69, 9.17) is 4.42 Å². The minimum absolute atomic E-state index is 0.549. The minimum Gasteiger partial charge on any atom is -0.440 e. The standard InChI is InChI=1S/C15H16N4O/c1-19-9-16-7-12(19)8-17-11-4-5-14-13(6-11)18-15(20-14)10-2-3-10/h4-7,9-10,17H,2-3,8H2,1H3. The first-order chi connectivity index (χ1) is 9.79. The molecule has 102 valence electrons. The summed E-state index contributed by atoms with van der Waals surface area (Å²) in [6, 6.07) is 6.06. The molecule has 1 saturated carbocycles. The second-order valence-electron chi connectivity index (χ2n) is 5.36. The van der Waals surface area contributed by atoms with Crippen molar-refractivity contribution >= 4 is 16.8 Å². The van der Waals surface area contributed by atoms with Crippen molar-refractivity contribution in [3.05, 3.63) is 42.3 Å². The van der Waals surface area contributed by atoms with Crippen molar-refractivity contribution in [1.82, 2.24) is 14.5 Å². The maximum absolute atomic E-state index is 5.76. The first kappa shape index (κ1) is 11.5. The van der Waals surface area contributed by atoms with Gasteiger partial charge >= 0.3 is 0 Å². The maximum Gasteiger partial charge on any atom is 0.198 e. The molecule has 3 aromatic rings. The highest BCUT2D eigenvalue weighted by molar-refractivity contribution is 5.77. The van der Waals surface area contributed by atoms with E-state index < -0.39 is 0 Å². The van der Waals surface area contributed by atoms with Gasteiger partial charge in [-0.1, -0.05) is 0 Å². The molecule has 0 aliphatic heterocycles. The number of oxazole rings is 1. The Bertz CT molecular complexity index is 754. The van der Waals surface area contributed by atoms with Crippen LogP contribution in [-0.4, -0.2) is 14.5 Å². The number of rotatable bonds is 4. The summed E-state index contributed by atoms with van der Waals surface area (Å²) in [5.41, 5.74) is 4.00. The van der Waals surface area contributed by atoms with Crippen LogP contribution in [0.1, 0.15) is 30.3 Å². The van der Waals surface area contributed by atoms with Gasteiger partial charge < -0.3 is 14.3 Å². The molecule has 1 N–H and O–H groups in total. The van der Waals surface area contributed by atoms with Crippen molar-refractivity contribution in [2.45, 2.75) is 25.3 Å². The van der Waals surface area contributed by atoms with Crippen LogP contribution in [0, 0.1) is 0 Å². The van der Waals surface area contributed by atoms with E-state index in [9.17, 15) is 0 Å². The highest BCUT2D eigenvalue weighted by Gasteiger charge is 2.28. The summed E-state index contributed by atoms with van der Waals surface area (Å²) in [5.74, 6) is 1.44. The van der Waals surface area contributed by atoms with Crippen LogP contribution in [0.2, 0.25) is 0 Å². The topological polar surface area (TPSA) is 55.9 Å². The molecule has 5 heteroatoms. The number of nitrogens with zero attached hydrogens (tertiary/aromatic N) is 3. The van der Waals surface area contributed by atoms with Gasteiger partial charge in [0, 0.05) is 24.8 Å². The second-order valence-corrected chi connectivity index (χ2v) is 5.36. The van der Waals surface area contributed by atoms with Crippen LogP contribution >= 0.6 is 0 Å². The third-order valence-electron chi connectivity index (χ3n) is 3.72. The molecule has 0 radical (unpaired) electrons. The van der Waals surface area contributed by atoms with Gasteiger partial charge in [0.1, 0.15) is 5.52 Å². The lowest BCUT2D eigenvalue weighted by Crippen LogP contribution is -2.03. The van der Waals surface area contributed by atoms with Gasteiger partial charge in [-0.2, -0.15) is 0 Å². The van der Waals surface area contributed by atoms with Gasteiger partial charge in [-0.05, 0) is 31.0 Å². The largest absolute Gasteiger partial charge is 0.440 e. The quantitative estimate of drug-likeness (QED) is 0.790. The number of benzene rings is 1. The first-order valence-corrected chi connectivity index (χ1v) is 6.89. The van der Waals surface area contributed by atoms with Crippen molar-refractivity contribution in [3.8, 4) is 0 Å². The van der Waals surface area contributed by atoms with Crippen LogP contribution in [0.25, 0.3) is 11.1 Å². The van der Waals surface area contributed by atoms with Crippen molar-refractivity contribution in [2.24, 2.45) is 7.05 Å². The van der Waals surface area contributed by atoms with Crippen LogP contribution in [0.4, 0.5) is 5.69 Å². The lowest BCUT2D eigenvalue weighted by atomic mass is 10.3. The normalized spacial score (nSPS) is 14.8. The van der Waals surface area contributed by atoms with E-state index in [0.29, 0.717) is 5.92 Å². The Hall–Kier alpha value is -2.30. The molecule has 1 aliphatic carbocycles. The van der Waals surface area contributed by atoms with Crippen LogP contribution in [0.15, 0.2) is 35.1 Å². The van der Waals surface area contributed by atoms with Gasteiger partial charge in [-0.3, -0.25) is 0 Å². The van der Waals surface area contributed by atoms with Crippen LogP contribution in [0.5, 0.6) is 0 Å². The van der Waals surface area contributed by atoms with Gasteiger partial charge in [0.25, 0.3) is 0 Å². The van der Waals surface area contributed by atoms with Gasteiger partial charge in [0.05, 0.1) is 18.6 Å². The molecule has 0 saturated heterocycles. The molecule has 1 fully saturated rings. The van der Waals surface area contributed by atoms with E-state index in [-0.39, 0.29) is 0 Å². The lowest BCUT2D eigenvalue weighted by Gasteiger charge is -2.06. The molecule has 1 aliphatic rings. The molecule has 0 unspecified atom stereocenters. The molecule has 0 spiro atoms. The van der Waals surface area contributed by atoms with Crippen LogP contribution in [-0.2, 0) is 13.6 Å². The fraction of sp³-hybridized carbons (Fsp3) is 0.333. The summed E-state index contributed by atoms with van der Waals surface area (Å²) in [7, 11) is 1.99. The maximum atomic E-state index is 5.76. The van der Waals surface area contributed by atoms with Crippen LogP contribution < -0.4 is 5.32 Å². The average Bonchev–Trinajstić information content (AvgIpc) is 3.09. The summed E-state index contributed by atoms with van der Waals surface area (Å²) in [6.07, 6.45) is 6.09. The molecule has 5 nitrogen and oxygen atoms in total. The Morgan fingerprint density at radius 1 is 1.40 bits per heavy atom.